The molecule has 1 fully saturated rings. The second-order valence-corrected chi connectivity index (χ2v) is 11.1. The Bertz CT molecular complexity index is 1010. The zero-order valence-electron chi connectivity index (χ0n) is 15.2. The van der Waals surface area contributed by atoms with Gasteiger partial charge in [0.2, 0.25) is 4.80 Å². The molecule has 0 spiro atoms. The second kappa shape index (κ2) is 6.97. The number of sulfonamides is 1. The zero-order valence-corrected chi connectivity index (χ0v) is 18.4. The molecule has 0 N–H and O–H groups in total. The lowest BCUT2D eigenvalue weighted by atomic mass is 9.93. The highest BCUT2D eigenvalue weighted by Gasteiger charge is 2.28. The predicted octanol–water partition coefficient (Wildman–Crippen LogP) is 5.16. The van der Waals surface area contributed by atoms with Crippen molar-refractivity contribution in [3.05, 3.63) is 43.6 Å². The lowest BCUT2D eigenvalue weighted by Gasteiger charge is -2.17. The Labute approximate surface area is 168 Å². The summed E-state index contributed by atoms with van der Waals surface area (Å²) in [4.78, 5) is 1.58. The van der Waals surface area contributed by atoms with Gasteiger partial charge in [-0.1, -0.05) is 50.0 Å². The fraction of sp³-hybridized carbons (Fsp3) is 0.500. The lowest BCUT2D eigenvalue weighted by Crippen LogP contribution is -2.20. The van der Waals surface area contributed by atoms with E-state index >= 15 is 0 Å². The van der Waals surface area contributed by atoms with Crippen molar-refractivity contribution in [1.29, 1.82) is 0 Å². The SMILES string of the molecule is Cc1c(C(C)(C)C)sc(=NS(=O)(=O)c2cccc(Cl)c2Cl)n1CC1CC1. The van der Waals surface area contributed by atoms with E-state index < -0.39 is 10.0 Å². The van der Waals surface area contributed by atoms with Gasteiger partial charge in [0.05, 0.1) is 10.0 Å². The number of rotatable bonds is 4. The van der Waals surface area contributed by atoms with Gasteiger partial charge in [0.1, 0.15) is 4.90 Å². The molecule has 0 amide bonds. The molecule has 1 aromatic heterocycles. The van der Waals surface area contributed by atoms with Crippen LogP contribution in [-0.2, 0) is 22.0 Å². The lowest BCUT2D eigenvalue weighted by molar-refractivity contribution is 0.562. The zero-order chi connectivity index (χ0) is 19.3. The van der Waals surface area contributed by atoms with Gasteiger partial charge in [-0.05, 0) is 43.2 Å². The fourth-order valence-corrected chi connectivity index (χ4v) is 6.01. The molecule has 3 rings (SSSR count). The summed E-state index contributed by atoms with van der Waals surface area (Å²) < 4.78 is 32.0. The molecule has 0 saturated heterocycles. The van der Waals surface area contributed by atoms with Gasteiger partial charge in [-0.2, -0.15) is 8.42 Å². The molecular weight excluding hydrogens is 411 g/mol. The Morgan fingerprint density at radius 2 is 1.92 bits per heavy atom. The summed E-state index contributed by atoms with van der Waals surface area (Å²) >= 11 is 13.5. The van der Waals surface area contributed by atoms with Crippen LogP contribution in [0.5, 0.6) is 0 Å². The van der Waals surface area contributed by atoms with E-state index in [2.05, 4.69) is 25.2 Å². The molecule has 2 aromatic rings. The van der Waals surface area contributed by atoms with Crippen molar-refractivity contribution in [3.63, 3.8) is 0 Å². The minimum absolute atomic E-state index is 0.0102. The molecular formula is C18H22Cl2N2O2S2. The summed E-state index contributed by atoms with van der Waals surface area (Å²) in [6.07, 6.45) is 2.36. The Balaban J connectivity index is 2.19. The van der Waals surface area contributed by atoms with Gasteiger partial charge in [0, 0.05) is 17.1 Å². The van der Waals surface area contributed by atoms with Crippen LogP contribution in [0, 0.1) is 12.8 Å². The molecule has 26 heavy (non-hydrogen) atoms. The molecule has 0 unspecified atom stereocenters. The van der Waals surface area contributed by atoms with Crippen LogP contribution in [0.25, 0.3) is 0 Å². The van der Waals surface area contributed by atoms with Crippen LogP contribution < -0.4 is 4.80 Å². The normalized spacial score (nSPS) is 16.3. The maximum atomic E-state index is 12.9. The van der Waals surface area contributed by atoms with E-state index in [1.807, 2.05) is 11.5 Å². The molecule has 0 aliphatic heterocycles. The summed E-state index contributed by atoms with van der Waals surface area (Å²) in [5, 5.41) is 0.211. The predicted molar refractivity (Wildman–Crippen MR) is 108 cm³/mol. The summed E-state index contributed by atoms with van der Waals surface area (Å²) in [6.45, 7) is 9.21. The first-order valence-electron chi connectivity index (χ1n) is 8.46. The molecule has 8 heteroatoms. The number of thiazole rings is 1. The molecule has 1 heterocycles. The topological polar surface area (TPSA) is 51.4 Å². The molecule has 0 bridgehead atoms. The average molecular weight is 433 g/mol. The Morgan fingerprint density at radius 1 is 1.27 bits per heavy atom. The van der Waals surface area contributed by atoms with Crippen molar-refractivity contribution in [1.82, 2.24) is 4.57 Å². The summed E-state index contributed by atoms with van der Waals surface area (Å²) in [7, 11) is -3.96. The third-order valence-electron chi connectivity index (χ3n) is 4.37. The van der Waals surface area contributed by atoms with E-state index in [1.165, 1.54) is 30.2 Å². The maximum absolute atomic E-state index is 12.9. The number of benzene rings is 1. The highest BCUT2D eigenvalue weighted by Crippen LogP contribution is 2.34. The molecule has 1 aliphatic carbocycles. The van der Waals surface area contributed by atoms with Crippen LogP contribution in [0.1, 0.15) is 44.2 Å². The first kappa shape index (κ1) is 19.9. The fourth-order valence-electron chi connectivity index (χ4n) is 2.86. The Hall–Kier alpha value is -0.820. The van der Waals surface area contributed by atoms with E-state index in [0.717, 1.165) is 17.1 Å². The maximum Gasteiger partial charge on any atom is 0.286 e. The van der Waals surface area contributed by atoms with Crippen molar-refractivity contribution in [2.24, 2.45) is 10.3 Å². The van der Waals surface area contributed by atoms with Crippen molar-refractivity contribution in [2.45, 2.75) is 57.4 Å². The summed E-state index contributed by atoms with van der Waals surface area (Å²) in [5.41, 5.74) is 1.01. The van der Waals surface area contributed by atoms with Crippen molar-refractivity contribution in [2.75, 3.05) is 0 Å². The quantitative estimate of drug-likeness (QED) is 0.669. The number of aromatic nitrogens is 1. The molecule has 142 valence electrons. The van der Waals surface area contributed by atoms with E-state index in [4.69, 9.17) is 23.2 Å². The highest BCUT2D eigenvalue weighted by atomic mass is 35.5. The van der Waals surface area contributed by atoms with Crippen LogP contribution in [0.4, 0.5) is 0 Å². The average Bonchev–Trinajstić information content (AvgIpc) is 3.28. The van der Waals surface area contributed by atoms with Crippen molar-refractivity contribution < 1.29 is 8.42 Å². The largest absolute Gasteiger partial charge is 0.320 e. The minimum Gasteiger partial charge on any atom is -0.320 e. The van der Waals surface area contributed by atoms with Crippen molar-refractivity contribution >= 4 is 44.6 Å². The third-order valence-corrected chi connectivity index (χ3v) is 8.33. The van der Waals surface area contributed by atoms with Crippen LogP contribution in [0.2, 0.25) is 10.0 Å². The van der Waals surface area contributed by atoms with Crippen LogP contribution in [0.15, 0.2) is 27.5 Å². The molecule has 4 nitrogen and oxygen atoms in total. The van der Waals surface area contributed by atoms with Gasteiger partial charge < -0.3 is 4.57 Å². The molecule has 1 aliphatic rings. The van der Waals surface area contributed by atoms with Crippen LogP contribution in [0.3, 0.4) is 0 Å². The van der Waals surface area contributed by atoms with Gasteiger partial charge in [-0.3, -0.25) is 0 Å². The number of hydrogen-bond donors (Lipinski definition) is 0. The van der Waals surface area contributed by atoms with Gasteiger partial charge in [-0.15, -0.1) is 15.7 Å². The standard InChI is InChI=1S/C18H22Cl2N2O2S2/c1-11-16(18(2,3)4)25-17(22(11)10-12-8-9-12)21-26(23,24)14-7-5-6-13(19)15(14)20/h5-7,12H,8-10H2,1-4H3. The molecule has 0 atom stereocenters. The molecule has 1 saturated carbocycles. The van der Waals surface area contributed by atoms with E-state index in [0.29, 0.717) is 10.7 Å². The number of halogens is 2. The summed E-state index contributed by atoms with van der Waals surface area (Å²) in [5.74, 6) is 0.604. The summed E-state index contributed by atoms with van der Waals surface area (Å²) in [6, 6.07) is 4.56. The van der Waals surface area contributed by atoms with Gasteiger partial charge in [0.25, 0.3) is 10.0 Å². The van der Waals surface area contributed by atoms with Crippen LogP contribution in [-0.4, -0.2) is 13.0 Å². The number of nitrogens with zero attached hydrogens (tertiary/aromatic N) is 2. The van der Waals surface area contributed by atoms with Crippen molar-refractivity contribution in [3.8, 4) is 0 Å². The van der Waals surface area contributed by atoms with E-state index in [9.17, 15) is 8.42 Å². The smallest absolute Gasteiger partial charge is 0.286 e. The van der Waals surface area contributed by atoms with Crippen LogP contribution >= 0.6 is 34.5 Å². The second-order valence-electron chi connectivity index (χ2n) is 7.72. The molecule has 1 aromatic carbocycles. The van der Waals surface area contributed by atoms with Gasteiger partial charge >= 0.3 is 0 Å². The van der Waals surface area contributed by atoms with Gasteiger partial charge in [0.15, 0.2) is 0 Å². The third kappa shape index (κ3) is 4.03. The highest BCUT2D eigenvalue weighted by molar-refractivity contribution is 7.90. The Kier molecular flexibility index (Phi) is 5.34. The Morgan fingerprint density at radius 3 is 2.50 bits per heavy atom. The van der Waals surface area contributed by atoms with Gasteiger partial charge in [-0.25, -0.2) is 0 Å². The van der Waals surface area contributed by atoms with E-state index in [1.54, 1.807) is 12.1 Å². The minimum atomic E-state index is -3.96. The number of hydrogen-bond acceptors (Lipinski definition) is 3. The monoisotopic (exact) mass is 432 g/mol. The molecule has 0 radical (unpaired) electrons. The first-order valence-corrected chi connectivity index (χ1v) is 11.5. The first-order chi connectivity index (χ1) is 12.0. The van der Waals surface area contributed by atoms with E-state index in [-0.39, 0.29) is 20.4 Å².